The largest absolute Gasteiger partial charge is 0.475 e. The van der Waals surface area contributed by atoms with Crippen LogP contribution >= 0.6 is 23.2 Å². The summed E-state index contributed by atoms with van der Waals surface area (Å²) >= 11 is 11.6. The number of pyridine rings is 1. The van der Waals surface area contributed by atoms with Gasteiger partial charge in [-0.3, -0.25) is 0 Å². The van der Waals surface area contributed by atoms with Gasteiger partial charge in [0.1, 0.15) is 6.61 Å². The van der Waals surface area contributed by atoms with E-state index in [1.165, 1.54) is 0 Å². The number of rotatable bonds is 5. The fourth-order valence-corrected chi connectivity index (χ4v) is 1.59. The number of aromatic nitrogens is 1. The van der Waals surface area contributed by atoms with Crippen LogP contribution in [0.4, 0.5) is 0 Å². The lowest BCUT2D eigenvalue weighted by Gasteiger charge is -2.19. The van der Waals surface area contributed by atoms with Crippen molar-refractivity contribution in [2.24, 2.45) is 0 Å². The molecule has 17 heavy (non-hydrogen) atoms. The van der Waals surface area contributed by atoms with Gasteiger partial charge in [-0.25, -0.2) is 4.98 Å². The van der Waals surface area contributed by atoms with Crippen LogP contribution in [0.3, 0.4) is 0 Å². The van der Waals surface area contributed by atoms with Gasteiger partial charge < -0.3 is 9.47 Å². The van der Waals surface area contributed by atoms with E-state index in [-0.39, 0.29) is 5.60 Å². The van der Waals surface area contributed by atoms with Crippen LogP contribution in [0, 0.1) is 0 Å². The van der Waals surface area contributed by atoms with E-state index in [0.717, 1.165) is 5.56 Å². The molecule has 0 spiro atoms. The molecule has 0 saturated heterocycles. The van der Waals surface area contributed by atoms with Gasteiger partial charge in [0, 0.05) is 18.1 Å². The van der Waals surface area contributed by atoms with Crippen LogP contribution in [0.2, 0.25) is 5.02 Å². The van der Waals surface area contributed by atoms with E-state index in [0.29, 0.717) is 30.0 Å². The Balaban J connectivity index is 2.42. The van der Waals surface area contributed by atoms with Gasteiger partial charge in [-0.15, -0.1) is 11.6 Å². The van der Waals surface area contributed by atoms with Crippen LogP contribution in [0.25, 0.3) is 0 Å². The van der Waals surface area contributed by atoms with Crippen molar-refractivity contribution in [2.75, 3.05) is 13.2 Å². The quantitative estimate of drug-likeness (QED) is 0.608. The highest BCUT2D eigenvalue weighted by molar-refractivity contribution is 6.32. The molecule has 1 rings (SSSR count). The van der Waals surface area contributed by atoms with Gasteiger partial charge in [-0.1, -0.05) is 11.6 Å². The molecular formula is C12H17Cl2NO2. The van der Waals surface area contributed by atoms with Crippen molar-refractivity contribution < 1.29 is 9.47 Å². The standard InChI is InChI=1S/C12H17Cl2NO2/c1-12(2,3)17-5-4-16-11-6-9(7-13)10(14)8-15-11/h6,8H,4-5,7H2,1-3H3. The Morgan fingerprint density at radius 3 is 2.59 bits per heavy atom. The highest BCUT2D eigenvalue weighted by atomic mass is 35.5. The summed E-state index contributed by atoms with van der Waals surface area (Å²) in [5, 5.41) is 0.554. The molecule has 1 aromatic rings. The van der Waals surface area contributed by atoms with Crippen LogP contribution in [0.15, 0.2) is 12.3 Å². The lowest BCUT2D eigenvalue weighted by atomic mass is 10.2. The summed E-state index contributed by atoms with van der Waals surface area (Å²) in [6.07, 6.45) is 1.54. The number of alkyl halides is 1. The van der Waals surface area contributed by atoms with Crippen molar-refractivity contribution in [1.29, 1.82) is 0 Å². The Morgan fingerprint density at radius 1 is 1.29 bits per heavy atom. The Kier molecular flexibility index (Phi) is 5.50. The monoisotopic (exact) mass is 277 g/mol. The summed E-state index contributed by atoms with van der Waals surface area (Å²) in [6, 6.07) is 1.74. The fourth-order valence-electron chi connectivity index (χ4n) is 1.13. The molecule has 0 amide bonds. The number of hydrogen-bond acceptors (Lipinski definition) is 3. The zero-order valence-corrected chi connectivity index (χ0v) is 11.8. The second-order valence-corrected chi connectivity index (χ2v) is 5.23. The Labute approximate surface area is 112 Å². The van der Waals surface area contributed by atoms with Gasteiger partial charge in [0.2, 0.25) is 5.88 Å². The van der Waals surface area contributed by atoms with Gasteiger partial charge in [-0.2, -0.15) is 0 Å². The van der Waals surface area contributed by atoms with Crippen molar-refractivity contribution >= 4 is 23.2 Å². The highest BCUT2D eigenvalue weighted by Gasteiger charge is 2.09. The average Bonchev–Trinajstić information content (AvgIpc) is 2.25. The molecule has 0 aliphatic rings. The maximum atomic E-state index is 5.89. The van der Waals surface area contributed by atoms with Gasteiger partial charge in [0.25, 0.3) is 0 Å². The zero-order valence-electron chi connectivity index (χ0n) is 10.3. The third kappa shape index (κ3) is 5.57. The Bertz CT molecular complexity index is 364. The molecule has 1 aromatic heterocycles. The van der Waals surface area contributed by atoms with Crippen molar-refractivity contribution in [1.82, 2.24) is 4.98 Å². The molecule has 0 fully saturated rings. The normalized spacial score (nSPS) is 11.6. The molecule has 1 heterocycles. The first-order chi connectivity index (χ1) is 7.92. The summed E-state index contributed by atoms with van der Waals surface area (Å²) < 4.78 is 11.0. The Morgan fingerprint density at radius 2 is 2.00 bits per heavy atom. The first-order valence-corrected chi connectivity index (χ1v) is 6.31. The zero-order chi connectivity index (χ0) is 12.9. The van der Waals surface area contributed by atoms with Gasteiger partial charge >= 0.3 is 0 Å². The van der Waals surface area contributed by atoms with Crippen molar-refractivity contribution in [3.8, 4) is 5.88 Å². The maximum absolute atomic E-state index is 5.89. The van der Waals surface area contributed by atoms with E-state index in [2.05, 4.69) is 4.98 Å². The van der Waals surface area contributed by atoms with Gasteiger partial charge in [0.05, 0.1) is 17.2 Å². The molecule has 0 aliphatic heterocycles. The van der Waals surface area contributed by atoms with Crippen molar-refractivity contribution in [2.45, 2.75) is 32.3 Å². The SMILES string of the molecule is CC(C)(C)OCCOc1cc(CCl)c(Cl)cn1. The van der Waals surface area contributed by atoms with E-state index >= 15 is 0 Å². The fraction of sp³-hybridized carbons (Fsp3) is 0.583. The van der Waals surface area contributed by atoms with Gasteiger partial charge in [-0.05, 0) is 26.3 Å². The summed E-state index contributed by atoms with van der Waals surface area (Å²) in [5.41, 5.74) is 0.660. The summed E-state index contributed by atoms with van der Waals surface area (Å²) in [4.78, 5) is 4.05. The second kappa shape index (κ2) is 6.43. The van der Waals surface area contributed by atoms with Crippen LogP contribution in [0.1, 0.15) is 26.3 Å². The summed E-state index contributed by atoms with van der Waals surface area (Å²) in [7, 11) is 0. The predicted octanol–water partition coefficient (Wildman–Crippen LogP) is 3.67. The minimum absolute atomic E-state index is 0.155. The lowest BCUT2D eigenvalue weighted by Crippen LogP contribution is -2.22. The highest BCUT2D eigenvalue weighted by Crippen LogP contribution is 2.20. The predicted molar refractivity (Wildman–Crippen MR) is 70.0 cm³/mol. The number of hydrogen-bond donors (Lipinski definition) is 0. The minimum atomic E-state index is -0.155. The van der Waals surface area contributed by atoms with E-state index in [1.54, 1.807) is 12.3 Å². The first kappa shape index (κ1) is 14.6. The third-order valence-electron chi connectivity index (χ3n) is 1.92. The van der Waals surface area contributed by atoms with Crippen molar-refractivity contribution in [3.63, 3.8) is 0 Å². The molecule has 0 aromatic carbocycles. The van der Waals surface area contributed by atoms with Crippen LogP contribution < -0.4 is 4.74 Å². The maximum Gasteiger partial charge on any atom is 0.213 e. The molecule has 0 bridgehead atoms. The van der Waals surface area contributed by atoms with E-state index < -0.39 is 0 Å². The molecule has 5 heteroatoms. The minimum Gasteiger partial charge on any atom is -0.475 e. The molecule has 0 saturated carbocycles. The number of ether oxygens (including phenoxy) is 2. The van der Waals surface area contributed by atoms with Crippen LogP contribution in [0.5, 0.6) is 5.88 Å². The molecular weight excluding hydrogens is 261 g/mol. The lowest BCUT2D eigenvalue weighted by molar-refractivity contribution is -0.0168. The first-order valence-electron chi connectivity index (χ1n) is 5.39. The summed E-state index contributed by atoms with van der Waals surface area (Å²) in [6.45, 7) is 6.97. The molecule has 0 N–H and O–H groups in total. The molecule has 0 aliphatic carbocycles. The van der Waals surface area contributed by atoms with Crippen LogP contribution in [-0.4, -0.2) is 23.8 Å². The van der Waals surface area contributed by atoms with E-state index in [1.807, 2.05) is 20.8 Å². The second-order valence-electron chi connectivity index (χ2n) is 4.56. The van der Waals surface area contributed by atoms with E-state index in [4.69, 9.17) is 32.7 Å². The molecule has 3 nitrogen and oxygen atoms in total. The smallest absolute Gasteiger partial charge is 0.213 e. The third-order valence-corrected chi connectivity index (χ3v) is 2.55. The Hall–Kier alpha value is -0.510. The molecule has 0 unspecified atom stereocenters. The molecule has 0 radical (unpaired) electrons. The van der Waals surface area contributed by atoms with E-state index in [9.17, 15) is 0 Å². The molecule has 96 valence electrons. The van der Waals surface area contributed by atoms with Crippen LogP contribution in [-0.2, 0) is 10.6 Å². The summed E-state index contributed by atoms with van der Waals surface area (Å²) in [5.74, 6) is 0.860. The average molecular weight is 278 g/mol. The topological polar surface area (TPSA) is 31.4 Å². The van der Waals surface area contributed by atoms with Crippen molar-refractivity contribution in [3.05, 3.63) is 22.8 Å². The number of nitrogens with zero attached hydrogens (tertiary/aromatic N) is 1. The molecule has 0 atom stereocenters. The van der Waals surface area contributed by atoms with Gasteiger partial charge in [0.15, 0.2) is 0 Å². The number of halogens is 2.